The molecule has 1 saturated heterocycles. The maximum atomic E-state index is 4.46. The van der Waals surface area contributed by atoms with Crippen molar-refractivity contribution in [2.75, 3.05) is 38.6 Å². The van der Waals surface area contributed by atoms with E-state index < -0.39 is 0 Å². The Kier molecular flexibility index (Phi) is 5.38. The van der Waals surface area contributed by atoms with Crippen LogP contribution in [0.2, 0.25) is 0 Å². The third-order valence-corrected chi connectivity index (χ3v) is 4.20. The number of nitrogens with one attached hydrogen (secondary N) is 1. The molecule has 0 spiro atoms. The van der Waals surface area contributed by atoms with Crippen LogP contribution in [0.3, 0.4) is 0 Å². The molecule has 0 aromatic carbocycles. The lowest BCUT2D eigenvalue weighted by atomic mass is 10.0. The van der Waals surface area contributed by atoms with Gasteiger partial charge in [0.25, 0.3) is 0 Å². The van der Waals surface area contributed by atoms with Crippen molar-refractivity contribution in [3.63, 3.8) is 0 Å². The number of hydrogen-bond donors (Lipinski definition) is 1. The van der Waals surface area contributed by atoms with Crippen LogP contribution in [0.4, 0.5) is 5.69 Å². The summed E-state index contributed by atoms with van der Waals surface area (Å²) in [5.74, 6) is 0. The molecule has 2 heterocycles. The fourth-order valence-electron chi connectivity index (χ4n) is 2.89. The standard InChI is InChI=1S/C16H28N4/c1-5-17-11-14-12-18-13(2)10-16(14)20-8-6-15(7-9-20)19(3)4/h10,12,15,17H,5-9,11H2,1-4H3. The quantitative estimate of drug-likeness (QED) is 0.891. The summed E-state index contributed by atoms with van der Waals surface area (Å²) in [5.41, 5.74) is 3.80. The van der Waals surface area contributed by atoms with Crippen LogP contribution in [-0.4, -0.2) is 49.7 Å². The molecule has 1 aromatic heterocycles. The maximum Gasteiger partial charge on any atom is 0.0445 e. The van der Waals surface area contributed by atoms with Crippen LogP contribution in [0.15, 0.2) is 12.3 Å². The lowest BCUT2D eigenvalue weighted by Crippen LogP contribution is -2.42. The molecule has 112 valence electrons. The Bertz CT molecular complexity index is 422. The Labute approximate surface area is 123 Å². The number of hydrogen-bond acceptors (Lipinski definition) is 4. The molecule has 0 saturated carbocycles. The average molecular weight is 276 g/mol. The predicted molar refractivity (Wildman–Crippen MR) is 85.3 cm³/mol. The van der Waals surface area contributed by atoms with Gasteiger partial charge in [-0.2, -0.15) is 0 Å². The van der Waals surface area contributed by atoms with Gasteiger partial charge in [-0.05, 0) is 46.5 Å². The Morgan fingerprint density at radius 3 is 2.65 bits per heavy atom. The van der Waals surface area contributed by atoms with Crippen LogP contribution in [0, 0.1) is 6.92 Å². The first-order valence-corrected chi connectivity index (χ1v) is 7.69. The molecule has 0 amide bonds. The SMILES string of the molecule is CCNCc1cnc(C)cc1N1CCC(N(C)C)CC1. The second-order valence-corrected chi connectivity index (χ2v) is 5.92. The minimum absolute atomic E-state index is 0.728. The number of rotatable bonds is 5. The van der Waals surface area contributed by atoms with Crippen LogP contribution in [0.25, 0.3) is 0 Å². The molecule has 1 N–H and O–H groups in total. The van der Waals surface area contributed by atoms with Gasteiger partial charge in [-0.1, -0.05) is 6.92 Å². The van der Waals surface area contributed by atoms with Gasteiger partial charge in [0.2, 0.25) is 0 Å². The van der Waals surface area contributed by atoms with Crippen molar-refractivity contribution >= 4 is 5.69 Å². The van der Waals surface area contributed by atoms with E-state index in [1.165, 1.54) is 24.1 Å². The molecule has 0 aliphatic carbocycles. The van der Waals surface area contributed by atoms with Crippen LogP contribution in [0.1, 0.15) is 31.0 Å². The van der Waals surface area contributed by atoms with E-state index in [-0.39, 0.29) is 0 Å². The fraction of sp³-hybridized carbons (Fsp3) is 0.688. The second kappa shape index (κ2) is 7.04. The van der Waals surface area contributed by atoms with Crippen LogP contribution in [0.5, 0.6) is 0 Å². The summed E-state index contributed by atoms with van der Waals surface area (Å²) in [5, 5.41) is 3.42. The number of nitrogens with zero attached hydrogens (tertiary/aromatic N) is 3. The summed E-state index contributed by atoms with van der Waals surface area (Å²) in [6.07, 6.45) is 4.52. The zero-order valence-corrected chi connectivity index (χ0v) is 13.3. The van der Waals surface area contributed by atoms with E-state index in [1.807, 2.05) is 6.20 Å². The second-order valence-electron chi connectivity index (χ2n) is 5.92. The first-order valence-electron chi connectivity index (χ1n) is 7.69. The molecule has 2 rings (SSSR count). The first-order chi connectivity index (χ1) is 9.61. The van der Waals surface area contributed by atoms with Crippen LogP contribution < -0.4 is 10.2 Å². The largest absolute Gasteiger partial charge is 0.371 e. The van der Waals surface area contributed by atoms with Crippen LogP contribution in [-0.2, 0) is 6.54 Å². The van der Waals surface area contributed by atoms with E-state index in [1.54, 1.807) is 0 Å². The highest BCUT2D eigenvalue weighted by Gasteiger charge is 2.22. The van der Waals surface area contributed by atoms with Gasteiger partial charge in [0, 0.05) is 48.8 Å². The maximum absolute atomic E-state index is 4.46. The molecular formula is C16H28N4. The van der Waals surface area contributed by atoms with Crippen molar-refractivity contribution in [2.45, 2.75) is 39.3 Å². The summed E-state index contributed by atoms with van der Waals surface area (Å²) in [7, 11) is 4.38. The Morgan fingerprint density at radius 2 is 2.05 bits per heavy atom. The minimum Gasteiger partial charge on any atom is -0.371 e. The zero-order valence-electron chi connectivity index (χ0n) is 13.3. The van der Waals surface area contributed by atoms with Gasteiger partial charge in [-0.15, -0.1) is 0 Å². The normalized spacial score (nSPS) is 16.9. The van der Waals surface area contributed by atoms with E-state index >= 15 is 0 Å². The van der Waals surface area contributed by atoms with Crippen molar-refractivity contribution < 1.29 is 0 Å². The number of anilines is 1. The summed E-state index contributed by atoms with van der Waals surface area (Å²) in [4.78, 5) is 9.34. The monoisotopic (exact) mass is 276 g/mol. The first kappa shape index (κ1) is 15.3. The molecule has 1 fully saturated rings. The van der Waals surface area contributed by atoms with Gasteiger partial charge in [-0.25, -0.2) is 0 Å². The van der Waals surface area contributed by atoms with Gasteiger partial charge in [-0.3, -0.25) is 4.98 Å². The molecule has 1 aliphatic heterocycles. The number of aromatic nitrogens is 1. The van der Waals surface area contributed by atoms with Gasteiger partial charge in [0.1, 0.15) is 0 Å². The summed E-state index contributed by atoms with van der Waals surface area (Å²) < 4.78 is 0. The van der Waals surface area contributed by atoms with Gasteiger partial charge in [0.15, 0.2) is 0 Å². The summed E-state index contributed by atoms with van der Waals surface area (Å²) >= 11 is 0. The van der Waals surface area contributed by atoms with Crippen molar-refractivity contribution in [1.82, 2.24) is 15.2 Å². The predicted octanol–water partition coefficient (Wildman–Crippen LogP) is 2.03. The highest BCUT2D eigenvalue weighted by Crippen LogP contribution is 2.25. The number of pyridine rings is 1. The molecule has 20 heavy (non-hydrogen) atoms. The van der Waals surface area contributed by atoms with Gasteiger partial charge in [0.05, 0.1) is 0 Å². The minimum atomic E-state index is 0.728. The van der Waals surface area contributed by atoms with Gasteiger partial charge < -0.3 is 15.1 Å². The third kappa shape index (κ3) is 3.70. The Hall–Kier alpha value is -1.13. The average Bonchev–Trinajstić information content (AvgIpc) is 2.46. The van der Waals surface area contributed by atoms with E-state index in [0.717, 1.165) is 37.9 Å². The number of piperidine rings is 1. The Morgan fingerprint density at radius 1 is 1.35 bits per heavy atom. The molecule has 1 aromatic rings. The molecule has 1 aliphatic rings. The topological polar surface area (TPSA) is 31.4 Å². The molecule has 0 bridgehead atoms. The van der Waals surface area contributed by atoms with E-state index in [4.69, 9.17) is 0 Å². The lowest BCUT2D eigenvalue weighted by molar-refractivity contribution is 0.249. The molecular weight excluding hydrogens is 248 g/mol. The van der Waals surface area contributed by atoms with Gasteiger partial charge >= 0.3 is 0 Å². The van der Waals surface area contributed by atoms with E-state index in [0.29, 0.717) is 0 Å². The third-order valence-electron chi connectivity index (χ3n) is 4.20. The van der Waals surface area contributed by atoms with Crippen LogP contribution >= 0.6 is 0 Å². The van der Waals surface area contributed by atoms with Crippen molar-refractivity contribution in [1.29, 1.82) is 0 Å². The van der Waals surface area contributed by atoms with Crippen molar-refractivity contribution in [2.24, 2.45) is 0 Å². The zero-order chi connectivity index (χ0) is 14.5. The molecule has 0 unspecified atom stereocenters. The highest BCUT2D eigenvalue weighted by atomic mass is 15.2. The van der Waals surface area contributed by atoms with Crippen molar-refractivity contribution in [3.8, 4) is 0 Å². The molecule has 4 heteroatoms. The Balaban J connectivity index is 2.09. The van der Waals surface area contributed by atoms with Crippen molar-refractivity contribution in [3.05, 3.63) is 23.5 Å². The molecule has 0 radical (unpaired) electrons. The number of aryl methyl sites for hydroxylation is 1. The fourth-order valence-corrected chi connectivity index (χ4v) is 2.89. The molecule has 4 nitrogen and oxygen atoms in total. The highest BCUT2D eigenvalue weighted by molar-refractivity contribution is 5.54. The lowest BCUT2D eigenvalue weighted by Gasteiger charge is -2.37. The summed E-state index contributed by atoms with van der Waals surface area (Å²) in [6.45, 7) is 8.41. The van der Waals surface area contributed by atoms with E-state index in [9.17, 15) is 0 Å². The summed E-state index contributed by atoms with van der Waals surface area (Å²) in [6, 6.07) is 2.97. The van der Waals surface area contributed by atoms with E-state index in [2.05, 4.69) is 54.1 Å². The molecule has 0 atom stereocenters. The smallest absolute Gasteiger partial charge is 0.0445 e.